The highest BCUT2D eigenvalue weighted by Gasteiger charge is 2.26. The minimum Gasteiger partial charge on any atom is -0.442 e. The number of ether oxygens (including phenoxy) is 1. The molecule has 0 saturated heterocycles. The van der Waals surface area contributed by atoms with Crippen LogP contribution in [-0.4, -0.2) is 24.5 Å². The average Bonchev–Trinajstić information content (AvgIpc) is 1.79. The van der Waals surface area contributed by atoms with E-state index in [4.69, 9.17) is 5.84 Å². The minimum atomic E-state index is -4.24. The molecule has 1 amide bonds. The maximum Gasteiger partial charge on any atom is 0.440 e. The number of carbonyl (C=O) groups is 1. The molecule has 0 aliphatic rings. The Morgan fingerprint density at radius 3 is 2.00 bits per heavy atom. The molecule has 0 saturated carbocycles. The molecule has 0 fully saturated rings. The third kappa shape index (κ3) is 4.65. The van der Waals surface area contributed by atoms with Crippen molar-refractivity contribution in [1.82, 2.24) is 4.41 Å². The lowest BCUT2D eigenvalue weighted by Crippen LogP contribution is -2.48. The first-order valence-electron chi connectivity index (χ1n) is 3.35. The van der Waals surface area contributed by atoms with Gasteiger partial charge in [0.15, 0.2) is 0 Å². The Labute approximate surface area is 76.8 Å². The highest BCUT2D eigenvalue weighted by atomic mass is 32.2. The van der Waals surface area contributed by atoms with Crippen LogP contribution in [0.2, 0.25) is 0 Å². The number of carbonyl (C=O) groups excluding carboxylic acids is 1. The summed E-state index contributed by atoms with van der Waals surface area (Å²) in [4.78, 5) is 10.9. The molecule has 0 radical (unpaired) electrons. The summed E-state index contributed by atoms with van der Waals surface area (Å²) < 4.78 is 25.5. The van der Waals surface area contributed by atoms with Crippen LogP contribution in [0.4, 0.5) is 4.79 Å². The van der Waals surface area contributed by atoms with Crippen LogP contribution in [0.25, 0.3) is 0 Å². The number of hydrogen-bond acceptors (Lipinski definition) is 5. The first-order valence-corrected chi connectivity index (χ1v) is 4.85. The summed E-state index contributed by atoms with van der Waals surface area (Å²) in [6.45, 7) is 4.71. The molecule has 0 aliphatic heterocycles. The maximum atomic E-state index is 10.9. The van der Waals surface area contributed by atoms with Crippen molar-refractivity contribution in [3.05, 3.63) is 0 Å². The zero-order chi connectivity index (χ0) is 10.9. The van der Waals surface area contributed by atoms with Crippen LogP contribution >= 0.6 is 0 Å². The van der Waals surface area contributed by atoms with Gasteiger partial charge in [-0.15, -0.1) is 4.41 Å². The van der Waals surface area contributed by atoms with Gasteiger partial charge in [-0.05, 0) is 20.8 Å². The van der Waals surface area contributed by atoms with Gasteiger partial charge >= 0.3 is 16.3 Å². The number of hydrogen-bond donors (Lipinski definition) is 2. The first-order chi connectivity index (χ1) is 5.54. The van der Waals surface area contributed by atoms with E-state index in [0.717, 1.165) is 0 Å². The van der Waals surface area contributed by atoms with E-state index in [2.05, 4.69) is 9.88 Å². The van der Waals surface area contributed by atoms with E-state index < -0.39 is 21.9 Å². The molecular formula is C5H13N3O4S. The second-order valence-electron chi connectivity index (χ2n) is 3.32. The van der Waals surface area contributed by atoms with Gasteiger partial charge in [-0.1, -0.05) is 0 Å². The molecule has 0 rings (SSSR count). The molecule has 0 aromatic heterocycles. The molecule has 0 aliphatic carbocycles. The normalized spacial score (nSPS) is 12.4. The Morgan fingerprint density at radius 2 is 1.77 bits per heavy atom. The van der Waals surface area contributed by atoms with E-state index in [1.165, 1.54) is 0 Å². The predicted molar refractivity (Wildman–Crippen MR) is 45.4 cm³/mol. The summed E-state index contributed by atoms with van der Waals surface area (Å²) in [7, 11) is -4.24. The number of hydrazine groups is 1. The van der Waals surface area contributed by atoms with Crippen LogP contribution in [-0.2, 0) is 14.9 Å². The molecule has 0 atom stereocenters. The topological polar surface area (TPSA) is 116 Å². The summed E-state index contributed by atoms with van der Waals surface area (Å²) >= 11 is 0. The van der Waals surface area contributed by atoms with Gasteiger partial charge in [0.05, 0.1) is 0 Å². The Morgan fingerprint density at radius 1 is 1.38 bits per heavy atom. The largest absolute Gasteiger partial charge is 0.442 e. The summed E-state index contributed by atoms with van der Waals surface area (Å²) in [5, 5.41) is 4.57. The molecule has 0 unspecified atom stereocenters. The van der Waals surface area contributed by atoms with Crippen molar-refractivity contribution in [2.75, 3.05) is 0 Å². The van der Waals surface area contributed by atoms with Gasteiger partial charge < -0.3 is 4.74 Å². The van der Waals surface area contributed by atoms with Crippen molar-refractivity contribution < 1.29 is 17.9 Å². The zero-order valence-electron chi connectivity index (χ0n) is 7.64. The molecule has 8 heteroatoms. The summed E-state index contributed by atoms with van der Waals surface area (Å²) in [6.07, 6.45) is -1.21. The fourth-order valence-corrected chi connectivity index (χ4v) is 0.656. The Kier molecular flexibility index (Phi) is 3.25. The van der Waals surface area contributed by atoms with Crippen molar-refractivity contribution in [3.63, 3.8) is 0 Å². The molecule has 4 N–H and O–H groups in total. The van der Waals surface area contributed by atoms with Crippen LogP contribution in [0, 0.1) is 0 Å². The quantitative estimate of drug-likeness (QED) is 0.338. The van der Waals surface area contributed by atoms with Gasteiger partial charge in [0.1, 0.15) is 5.60 Å². The van der Waals surface area contributed by atoms with Gasteiger partial charge in [-0.2, -0.15) is 8.42 Å². The van der Waals surface area contributed by atoms with Crippen LogP contribution in [0.15, 0.2) is 0 Å². The van der Waals surface area contributed by atoms with Crippen LogP contribution in [0.1, 0.15) is 20.8 Å². The van der Waals surface area contributed by atoms with Crippen LogP contribution in [0.5, 0.6) is 0 Å². The van der Waals surface area contributed by atoms with Gasteiger partial charge in [-0.25, -0.2) is 15.8 Å². The molecule has 13 heavy (non-hydrogen) atoms. The number of rotatable bonds is 1. The van der Waals surface area contributed by atoms with E-state index in [0.29, 0.717) is 0 Å². The smallest absolute Gasteiger partial charge is 0.440 e. The first kappa shape index (κ1) is 12.1. The van der Waals surface area contributed by atoms with Gasteiger partial charge in [0, 0.05) is 0 Å². The molecule has 0 aromatic carbocycles. The molecule has 7 nitrogen and oxygen atoms in total. The van der Waals surface area contributed by atoms with E-state index in [1.807, 2.05) is 0 Å². The highest BCUT2D eigenvalue weighted by Crippen LogP contribution is 2.08. The molecule has 78 valence electrons. The third-order valence-corrected chi connectivity index (χ3v) is 1.55. The van der Waals surface area contributed by atoms with E-state index >= 15 is 0 Å². The van der Waals surface area contributed by atoms with Crippen molar-refractivity contribution >= 4 is 16.3 Å². The lowest BCUT2D eigenvalue weighted by atomic mass is 10.2. The zero-order valence-corrected chi connectivity index (χ0v) is 8.46. The second-order valence-corrected chi connectivity index (χ2v) is 4.74. The lowest BCUT2D eigenvalue weighted by Gasteiger charge is -2.22. The van der Waals surface area contributed by atoms with E-state index in [-0.39, 0.29) is 4.41 Å². The molecule has 0 bridgehead atoms. The lowest BCUT2D eigenvalue weighted by molar-refractivity contribution is 0.0390. The van der Waals surface area contributed by atoms with Crippen LogP contribution < -0.4 is 11.0 Å². The summed E-state index contributed by atoms with van der Waals surface area (Å²) in [6, 6.07) is 0. The predicted octanol–water partition coefficient (Wildman–Crippen LogP) is -0.699. The molecule has 0 aromatic rings. The van der Waals surface area contributed by atoms with Gasteiger partial charge in [-0.3, -0.25) is 0 Å². The molecule has 0 heterocycles. The second kappa shape index (κ2) is 3.48. The Hall–Kier alpha value is -0.860. The van der Waals surface area contributed by atoms with E-state index in [1.54, 1.807) is 20.8 Å². The Balaban J connectivity index is 4.48. The summed E-state index contributed by atoms with van der Waals surface area (Å²) in [5.41, 5.74) is -0.820. The SMILES string of the molecule is CC(C)(C)OC(=O)N(N)S(N)(=O)=O. The third-order valence-electron chi connectivity index (χ3n) is 0.848. The number of amides is 1. The highest BCUT2D eigenvalue weighted by molar-refractivity contribution is 7.87. The van der Waals surface area contributed by atoms with Gasteiger partial charge in [0.25, 0.3) is 0 Å². The number of nitrogens with two attached hydrogens (primary N) is 2. The van der Waals surface area contributed by atoms with Crippen molar-refractivity contribution in [2.24, 2.45) is 11.0 Å². The molecule has 0 spiro atoms. The standard InChI is InChI=1S/C5H13N3O4S/c1-5(2,3)12-4(9)8(6)13(7,10)11/h6H2,1-3H3,(H2,7,10,11). The molecular weight excluding hydrogens is 198 g/mol. The van der Waals surface area contributed by atoms with Crippen molar-refractivity contribution in [1.29, 1.82) is 0 Å². The number of nitrogens with zero attached hydrogens (tertiary/aromatic N) is 1. The fourth-order valence-electron chi connectivity index (χ4n) is 0.411. The average molecular weight is 211 g/mol. The Bertz CT molecular complexity index is 291. The maximum absolute atomic E-state index is 10.9. The monoisotopic (exact) mass is 211 g/mol. The minimum absolute atomic E-state index is 0.155. The van der Waals surface area contributed by atoms with Crippen molar-refractivity contribution in [2.45, 2.75) is 26.4 Å². The van der Waals surface area contributed by atoms with Crippen molar-refractivity contribution in [3.8, 4) is 0 Å². The van der Waals surface area contributed by atoms with Gasteiger partial charge in [0.2, 0.25) is 0 Å². The summed E-state index contributed by atoms with van der Waals surface area (Å²) in [5.74, 6) is 4.85. The van der Waals surface area contributed by atoms with E-state index in [9.17, 15) is 13.2 Å². The fraction of sp³-hybridized carbons (Fsp3) is 0.800. The van der Waals surface area contributed by atoms with Crippen LogP contribution in [0.3, 0.4) is 0 Å².